The normalized spacial score (nSPS) is 15.7. The Morgan fingerprint density at radius 3 is 1.15 bits per heavy atom. The SMILES string of the molecule is FC(F)(F)C(F)(F)C(F)(F)C(F)(F)C(F)(F)C(F)(F)C(F)(F)C(F)(F)NCc1ccccc1. The molecule has 0 amide bonds. The van der Waals surface area contributed by atoms with Crippen LogP contribution >= 0.6 is 0 Å². The molecule has 0 saturated heterocycles. The highest BCUT2D eigenvalue weighted by Gasteiger charge is 2.95. The van der Waals surface area contributed by atoms with E-state index >= 15 is 0 Å². The van der Waals surface area contributed by atoms with Crippen molar-refractivity contribution in [2.45, 2.75) is 54.3 Å². The molecular formula is C15H8F17N. The van der Waals surface area contributed by atoms with E-state index in [9.17, 15) is 74.6 Å². The second-order valence-electron chi connectivity index (χ2n) is 6.36. The van der Waals surface area contributed by atoms with Gasteiger partial charge in [-0.15, -0.1) is 0 Å². The van der Waals surface area contributed by atoms with Gasteiger partial charge in [-0.25, -0.2) is 5.32 Å². The van der Waals surface area contributed by atoms with Crippen molar-refractivity contribution in [1.82, 2.24) is 5.32 Å². The molecule has 0 aromatic heterocycles. The molecule has 0 radical (unpaired) electrons. The second-order valence-corrected chi connectivity index (χ2v) is 6.36. The molecule has 0 aliphatic heterocycles. The van der Waals surface area contributed by atoms with Crippen LogP contribution in [0.1, 0.15) is 5.56 Å². The molecule has 0 atom stereocenters. The zero-order valence-corrected chi connectivity index (χ0v) is 15.0. The standard InChI is InChI=1S/C15H8F17N/c16-8(17,10(20,21)12(24,25)14(28,29)30)9(18,19)11(22,23)13(26,27)15(31,32)33-6-7-4-2-1-3-5-7/h1-5,33H,6H2. The quantitative estimate of drug-likeness (QED) is 0.278. The van der Waals surface area contributed by atoms with Crippen LogP contribution in [-0.2, 0) is 6.54 Å². The number of benzene rings is 1. The zero-order chi connectivity index (χ0) is 26.5. The van der Waals surface area contributed by atoms with E-state index in [-0.39, 0.29) is 5.32 Å². The Morgan fingerprint density at radius 1 is 0.455 bits per heavy atom. The molecule has 0 unspecified atom stereocenters. The van der Waals surface area contributed by atoms with Gasteiger partial charge in [0.2, 0.25) is 0 Å². The lowest BCUT2D eigenvalue weighted by Gasteiger charge is -2.42. The summed E-state index contributed by atoms with van der Waals surface area (Å²) in [6.45, 7) is -1.52. The topological polar surface area (TPSA) is 12.0 Å². The third-order valence-corrected chi connectivity index (χ3v) is 4.08. The smallest absolute Gasteiger partial charge is 0.249 e. The fourth-order valence-electron chi connectivity index (χ4n) is 2.08. The lowest BCUT2D eigenvalue weighted by molar-refractivity contribution is -0.463. The minimum absolute atomic E-state index is 0.281. The van der Waals surface area contributed by atoms with E-state index in [0.717, 1.165) is 24.3 Å². The van der Waals surface area contributed by atoms with Gasteiger partial charge in [0.1, 0.15) is 0 Å². The molecule has 1 aromatic rings. The Morgan fingerprint density at radius 2 is 0.788 bits per heavy atom. The van der Waals surface area contributed by atoms with Gasteiger partial charge < -0.3 is 0 Å². The summed E-state index contributed by atoms with van der Waals surface area (Å²) < 4.78 is 222. The maximum Gasteiger partial charge on any atom is 0.460 e. The maximum atomic E-state index is 13.6. The van der Waals surface area contributed by atoms with Crippen LogP contribution in [0.5, 0.6) is 0 Å². The Balaban J connectivity index is 3.46. The van der Waals surface area contributed by atoms with Gasteiger partial charge in [-0.1, -0.05) is 30.3 Å². The average Bonchev–Trinajstić information content (AvgIpc) is 2.65. The summed E-state index contributed by atoms with van der Waals surface area (Å²) in [5.74, 6) is -49.9. The molecule has 18 heteroatoms. The van der Waals surface area contributed by atoms with Crippen molar-refractivity contribution in [1.29, 1.82) is 0 Å². The first-order valence-electron chi connectivity index (χ1n) is 7.83. The molecule has 0 heterocycles. The Hall–Kier alpha value is -2.01. The summed E-state index contributed by atoms with van der Waals surface area (Å²) in [5, 5.41) is 0.281. The first kappa shape index (κ1) is 29.0. The molecule has 0 spiro atoms. The Kier molecular flexibility index (Phi) is 7.07. The number of alkyl halides is 17. The minimum atomic E-state index is -8.62. The molecule has 1 nitrogen and oxygen atoms in total. The number of hydrogen-bond donors (Lipinski definition) is 1. The minimum Gasteiger partial charge on any atom is -0.249 e. The zero-order valence-electron chi connectivity index (χ0n) is 15.0. The van der Waals surface area contributed by atoms with E-state index < -0.39 is 59.9 Å². The molecule has 0 saturated carbocycles. The summed E-state index contributed by atoms with van der Waals surface area (Å²) in [6.07, 6.45) is -7.77. The largest absolute Gasteiger partial charge is 0.460 e. The van der Waals surface area contributed by atoms with Crippen LogP contribution in [-0.4, -0.2) is 47.8 Å². The Labute approximate surface area is 171 Å². The first-order chi connectivity index (χ1) is 14.3. The van der Waals surface area contributed by atoms with Gasteiger partial charge in [0.15, 0.2) is 0 Å². The predicted molar refractivity (Wildman–Crippen MR) is 74.0 cm³/mol. The number of rotatable bonds is 9. The average molecular weight is 525 g/mol. The van der Waals surface area contributed by atoms with Crippen LogP contribution in [0.2, 0.25) is 0 Å². The molecular weight excluding hydrogens is 517 g/mol. The van der Waals surface area contributed by atoms with Gasteiger partial charge in [0, 0.05) is 6.54 Å². The van der Waals surface area contributed by atoms with Gasteiger partial charge in [-0.3, -0.25) is 0 Å². The highest BCUT2D eigenvalue weighted by Crippen LogP contribution is 2.63. The van der Waals surface area contributed by atoms with E-state index in [4.69, 9.17) is 0 Å². The second kappa shape index (κ2) is 8.04. The third kappa shape index (κ3) is 4.18. The molecule has 0 aliphatic rings. The molecule has 33 heavy (non-hydrogen) atoms. The van der Waals surface area contributed by atoms with Crippen molar-refractivity contribution in [3.05, 3.63) is 35.9 Å². The highest BCUT2D eigenvalue weighted by atomic mass is 19.4. The monoisotopic (exact) mass is 525 g/mol. The first-order valence-corrected chi connectivity index (χ1v) is 7.83. The van der Waals surface area contributed by atoms with Crippen molar-refractivity contribution in [3.63, 3.8) is 0 Å². The van der Waals surface area contributed by atoms with Crippen molar-refractivity contribution in [3.8, 4) is 0 Å². The van der Waals surface area contributed by atoms with Crippen LogP contribution in [0.25, 0.3) is 0 Å². The molecule has 1 rings (SSSR count). The summed E-state index contributed by atoms with van der Waals surface area (Å²) in [5.41, 5.74) is -0.398. The number of nitrogens with one attached hydrogen (secondary N) is 1. The number of halogens is 17. The lowest BCUT2D eigenvalue weighted by Crippen LogP contribution is -2.75. The van der Waals surface area contributed by atoms with Gasteiger partial charge >= 0.3 is 47.8 Å². The van der Waals surface area contributed by atoms with Crippen molar-refractivity contribution in [2.24, 2.45) is 0 Å². The molecule has 0 aliphatic carbocycles. The predicted octanol–water partition coefficient (Wildman–Crippen LogP) is 6.74. The Bertz CT molecular complexity index is 811. The summed E-state index contributed by atoms with van der Waals surface area (Å²) in [6, 6.07) is -1.42. The lowest BCUT2D eigenvalue weighted by atomic mass is 9.90. The molecule has 1 N–H and O–H groups in total. The maximum absolute atomic E-state index is 13.6. The fourth-order valence-corrected chi connectivity index (χ4v) is 2.08. The highest BCUT2D eigenvalue weighted by molar-refractivity contribution is 5.17. The number of hydrogen-bond acceptors (Lipinski definition) is 1. The molecule has 0 bridgehead atoms. The summed E-state index contributed by atoms with van der Waals surface area (Å²) in [7, 11) is 0. The van der Waals surface area contributed by atoms with Crippen molar-refractivity contribution >= 4 is 0 Å². The third-order valence-electron chi connectivity index (χ3n) is 4.08. The van der Waals surface area contributed by atoms with E-state index in [2.05, 4.69) is 0 Å². The molecule has 192 valence electrons. The molecule has 0 fully saturated rings. The van der Waals surface area contributed by atoms with E-state index in [0.29, 0.717) is 0 Å². The van der Waals surface area contributed by atoms with Crippen LogP contribution in [0, 0.1) is 0 Å². The fraction of sp³-hybridized carbons (Fsp3) is 0.600. The van der Waals surface area contributed by atoms with Crippen LogP contribution in [0.4, 0.5) is 74.6 Å². The van der Waals surface area contributed by atoms with E-state index in [1.54, 1.807) is 0 Å². The van der Waals surface area contributed by atoms with E-state index in [1.165, 1.54) is 6.07 Å². The van der Waals surface area contributed by atoms with Crippen LogP contribution in [0.3, 0.4) is 0 Å². The van der Waals surface area contributed by atoms with E-state index in [1.807, 2.05) is 0 Å². The van der Waals surface area contributed by atoms with Gasteiger partial charge in [0.05, 0.1) is 0 Å². The van der Waals surface area contributed by atoms with Gasteiger partial charge in [0.25, 0.3) is 0 Å². The summed E-state index contributed by atoms with van der Waals surface area (Å²) >= 11 is 0. The van der Waals surface area contributed by atoms with Gasteiger partial charge in [-0.05, 0) is 5.56 Å². The van der Waals surface area contributed by atoms with Crippen molar-refractivity contribution in [2.75, 3.05) is 0 Å². The van der Waals surface area contributed by atoms with Crippen LogP contribution < -0.4 is 5.32 Å². The van der Waals surface area contributed by atoms with Crippen LogP contribution in [0.15, 0.2) is 30.3 Å². The van der Waals surface area contributed by atoms with Crippen molar-refractivity contribution < 1.29 is 74.6 Å². The van der Waals surface area contributed by atoms with Gasteiger partial charge in [-0.2, -0.15) is 74.6 Å². The summed E-state index contributed by atoms with van der Waals surface area (Å²) in [4.78, 5) is 0. The molecule has 1 aromatic carbocycles.